The van der Waals surface area contributed by atoms with Crippen LogP contribution in [0.2, 0.25) is 0 Å². The fourth-order valence-electron chi connectivity index (χ4n) is 6.31. The van der Waals surface area contributed by atoms with Gasteiger partial charge in [0.1, 0.15) is 41.4 Å². The van der Waals surface area contributed by atoms with Crippen molar-refractivity contribution in [1.29, 1.82) is 0 Å². The molecule has 0 heterocycles. The second kappa shape index (κ2) is 16.4. The normalized spacial score (nSPS) is 12.8. The molecular formula is C41H37NO9S. The number of amides is 1. The van der Waals surface area contributed by atoms with E-state index in [1.54, 1.807) is 36.4 Å². The van der Waals surface area contributed by atoms with Crippen LogP contribution >= 0.6 is 11.8 Å². The molecule has 52 heavy (non-hydrogen) atoms. The number of hydrogen-bond acceptors (Lipinski definition) is 10. The Morgan fingerprint density at radius 3 is 1.98 bits per heavy atom. The van der Waals surface area contributed by atoms with Gasteiger partial charge in [0.05, 0.1) is 32.1 Å². The Morgan fingerprint density at radius 1 is 0.788 bits per heavy atom. The number of benzene rings is 5. The minimum Gasteiger partial charge on any atom is -0.508 e. The number of fused-ring (bicyclic) bond motifs is 3. The average Bonchev–Trinajstić information content (AvgIpc) is 3.50. The number of aldehydes is 1. The van der Waals surface area contributed by atoms with Crippen LogP contribution in [0.25, 0.3) is 11.1 Å². The van der Waals surface area contributed by atoms with Gasteiger partial charge < -0.3 is 34.1 Å². The second-order valence-corrected chi connectivity index (χ2v) is 13.0. The molecule has 0 saturated carbocycles. The number of carbonyl (C=O) groups is 3. The third-order valence-electron chi connectivity index (χ3n) is 8.88. The summed E-state index contributed by atoms with van der Waals surface area (Å²) in [6, 6.07) is 30.7. The monoisotopic (exact) mass is 719 g/mol. The van der Waals surface area contributed by atoms with E-state index in [1.807, 2.05) is 48.5 Å². The molecule has 0 spiro atoms. The van der Waals surface area contributed by atoms with Crippen molar-refractivity contribution in [3.8, 4) is 39.9 Å². The highest BCUT2D eigenvalue weighted by molar-refractivity contribution is 7.98. The Labute approximate surface area is 305 Å². The molecule has 1 aliphatic rings. The van der Waals surface area contributed by atoms with Gasteiger partial charge in [-0.25, -0.2) is 9.59 Å². The smallest absolute Gasteiger partial charge is 0.407 e. The number of hydrogen-bond donors (Lipinski definition) is 2. The Morgan fingerprint density at radius 2 is 1.38 bits per heavy atom. The lowest BCUT2D eigenvalue weighted by molar-refractivity contribution is -0.136. The molecule has 0 radical (unpaired) electrons. The molecule has 5 aromatic carbocycles. The van der Waals surface area contributed by atoms with Gasteiger partial charge in [-0.2, -0.15) is 0 Å². The molecule has 0 aromatic heterocycles. The van der Waals surface area contributed by atoms with Crippen molar-refractivity contribution >= 4 is 30.1 Å². The summed E-state index contributed by atoms with van der Waals surface area (Å²) in [7, 11) is 4.60. The first-order chi connectivity index (χ1) is 25.3. The van der Waals surface area contributed by atoms with E-state index in [2.05, 4.69) is 5.32 Å². The van der Waals surface area contributed by atoms with Crippen molar-refractivity contribution in [3.05, 3.63) is 137 Å². The van der Waals surface area contributed by atoms with Crippen molar-refractivity contribution in [1.82, 2.24) is 5.32 Å². The maximum atomic E-state index is 14.2. The summed E-state index contributed by atoms with van der Waals surface area (Å²) < 4.78 is 28.4. The van der Waals surface area contributed by atoms with Crippen LogP contribution < -0.4 is 24.3 Å². The maximum absolute atomic E-state index is 14.2. The fourth-order valence-corrected chi connectivity index (χ4v) is 7.66. The zero-order valence-corrected chi connectivity index (χ0v) is 29.6. The van der Waals surface area contributed by atoms with Crippen LogP contribution in [0.3, 0.4) is 0 Å². The van der Waals surface area contributed by atoms with Crippen molar-refractivity contribution in [2.24, 2.45) is 0 Å². The molecule has 2 N–H and O–H groups in total. The number of methoxy groups -OCH3 is 3. The van der Waals surface area contributed by atoms with E-state index in [9.17, 15) is 19.5 Å². The number of aromatic hydroxyl groups is 1. The first-order valence-corrected chi connectivity index (χ1v) is 17.5. The molecule has 11 heteroatoms. The summed E-state index contributed by atoms with van der Waals surface area (Å²) in [5.74, 6) is 0.799. The summed E-state index contributed by atoms with van der Waals surface area (Å²) >= 11 is 1.31. The van der Waals surface area contributed by atoms with Gasteiger partial charge in [0.2, 0.25) is 0 Å². The molecule has 10 nitrogen and oxygen atoms in total. The Hall–Kier alpha value is -5.94. The zero-order chi connectivity index (χ0) is 36.6. The molecular weight excluding hydrogens is 683 g/mol. The summed E-state index contributed by atoms with van der Waals surface area (Å²) in [6.07, 6.45) is -0.248. The maximum Gasteiger partial charge on any atom is 0.407 e. The van der Waals surface area contributed by atoms with Crippen molar-refractivity contribution < 1.29 is 43.2 Å². The number of alkyl carbamates (subject to hydrolysis) is 1. The summed E-state index contributed by atoms with van der Waals surface area (Å²) in [5, 5.41) is 12.1. The largest absolute Gasteiger partial charge is 0.508 e. The van der Waals surface area contributed by atoms with E-state index < -0.39 is 23.4 Å². The molecule has 0 aliphatic heterocycles. The SMILES string of the molecule is COc1cc(OC)c(CSC(c2ccc(O)cc2)[C@H](NC(=O)OCC2c3ccccc3-c3ccccc32)C(=O)Oc2ccccc2C=O)c(OC)c1. The van der Waals surface area contributed by atoms with E-state index in [1.165, 1.54) is 57.4 Å². The van der Waals surface area contributed by atoms with Gasteiger partial charge in [-0.3, -0.25) is 4.79 Å². The molecule has 0 saturated heterocycles. The predicted octanol–water partition coefficient (Wildman–Crippen LogP) is 7.72. The number of phenols is 1. The second-order valence-electron chi connectivity index (χ2n) is 11.9. The number of phenolic OH excluding ortho intramolecular Hbond substituents is 1. The third kappa shape index (κ3) is 7.69. The van der Waals surface area contributed by atoms with E-state index in [0.29, 0.717) is 34.7 Å². The summed E-state index contributed by atoms with van der Waals surface area (Å²) in [6.45, 7) is 0.0207. The highest BCUT2D eigenvalue weighted by Crippen LogP contribution is 2.45. The quantitative estimate of drug-likeness (QED) is 0.0669. The van der Waals surface area contributed by atoms with Crippen molar-refractivity contribution in [2.45, 2.75) is 23.0 Å². The standard InChI is InChI=1S/C41H37NO9S/c1-47-28-20-36(48-2)34(37(21-28)49-3)24-52-39(25-16-18-27(44)19-17-25)38(40(45)51-35-15-9-4-10-26(35)22-43)42-41(46)50-23-33-31-13-7-5-11-29(31)30-12-6-8-14-32(30)33/h4-22,33,38-39,44H,23-24H2,1-3H3,(H,42,46)/t38-,39?/m0/s1. The average molecular weight is 720 g/mol. The molecule has 2 atom stereocenters. The third-order valence-corrected chi connectivity index (χ3v) is 10.2. The van der Waals surface area contributed by atoms with Gasteiger partial charge in [-0.05, 0) is 52.1 Å². The number of rotatable bonds is 14. The van der Waals surface area contributed by atoms with E-state index >= 15 is 0 Å². The highest BCUT2D eigenvalue weighted by Gasteiger charge is 2.36. The fraction of sp³-hybridized carbons (Fsp3) is 0.195. The topological polar surface area (TPSA) is 130 Å². The van der Waals surface area contributed by atoms with Gasteiger partial charge in [-0.1, -0.05) is 72.8 Å². The van der Waals surface area contributed by atoms with Crippen LogP contribution in [0.1, 0.15) is 43.8 Å². The Bertz CT molecular complexity index is 2000. The van der Waals surface area contributed by atoms with Gasteiger partial charge in [0.25, 0.3) is 0 Å². The molecule has 266 valence electrons. The minimum atomic E-state index is -1.33. The number of ether oxygens (including phenoxy) is 5. The molecule has 1 unspecified atom stereocenters. The number of thioether (sulfide) groups is 1. The summed E-state index contributed by atoms with van der Waals surface area (Å²) in [5.41, 5.74) is 5.68. The number of esters is 1. The molecule has 5 aromatic rings. The first-order valence-electron chi connectivity index (χ1n) is 16.4. The lowest BCUT2D eigenvalue weighted by Crippen LogP contribution is -2.46. The van der Waals surface area contributed by atoms with E-state index in [4.69, 9.17) is 23.7 Å². The first kappa shape index (κ1) is 35.9. The van der Waals surface area contributed by atoms with Crippen molar-refractivity contribution in [2.75, 3.05) is 27.9 Å². The Balaban J connectivity index is 1.33. The summed E-state index contributed by atoms with van der Waals surface area (Å²) in [4.78, 5) is 39.8. The zero-order valence-electron chi connectivity index (χ0n) is 28.7. The van der Waals surface area contributed by atoms with Crippen LogP contribution in [0.4, 0.5) is 4.79 Å². The molecule has 1 amide bonds. The van der Waals surface area contributed by atoms with Gasteiger partial charge >= 0.3 is 12.1 Å². The van der Waals surface area contributed by atoms with Crippen molar-refractivity contribution in [3.63, 3.8) is 0 Å². The molecule has 0 bridgehead atoms. The predicted molar refractivity (Wildman–Crippen MR) is 198 cm³/mol. The van der Waals surface area contributed by atoms with Gasteiger partial charge in [0, 0.05) is 29.4 Å². The van der Waals surface area contributed by atoms with E-state index in [0.717, 1.165) is 22.3 Å². The van der Waals surface area contributed by atoms with Crippen LogP contribution in [-0.2, 0) is 15.3 Å². The van der Waals surface area contributed by atoms with Gasteiger partial charge in [0.15, 0.2) is 6.29 Å². The van der Waals surface area contributed by atoms with Crippen LogP contribution in [-0.4, -0.2) is 57.4 Å². The Kier molecular flexibility index (Phi) is 11.3. The van der Waals surface area contributed by atoms with Gasteiger partial charge in [-0.15, -0.1) is 11.8 Å². The number of carbonyl (C=O) groups excluding carboxylic acids is 3. The van der Waals surface area contributed by atoms with Crippen LogP contribution in [0, 0.1) is 0 Å². The van der Waals surface area contributed by atoms with Crippen LogP contribution in [0.5, 0.6) is 28.7 Å². The molecule has 0 fully saturated rings. The van der Waals surface area contributed by atoms with Crippen LogP contribution in [0.15, 0.2) is 109 Å². The molecule has 1 aliphatic carbocycles. The van der Waals surface area contributed by atoms with E-state index in [-0.39, 0.29) is 35.3 Å². The lowest BCUT2D eigenvalue weighted by Gasteiger charge is -2.27. The lowest BCUT2D eigenvalue weighted by atomic mass is 9.98. The number of nitrogens with one attached hydrogen (secondary N) is 1. The highest BCUT2D eigenvalue weighted by atomic mass is 32.2. The number of para-hydroxylation sites is 1. The molecule has 6 rings (SSSR count). The minimum absolute atomic E-state index is 0.0207.